The number of rotatable bonds is 7. The molecule has 1 atom stereocenters. The molecule has 3 nitrogen and oxygen atoms in total. The van der Waals surface area contributed by atoms with E-state index >= 15 is 0 Å². The summed E-state index contributed by atoms with van der Waals surface area (Å²) in [5.41, 5.74) is 5.73. The van der Waals surface area contributed by atoms with Crippen LogP contribution in [0.4, 0.5) is 0 Å². The zero-order valence-electron chi connectivity index (χ0n) is 11.6. The van der Waals surface area contributed by atoms with Crippen LogP contribution in [0.3, 0.4) is 0 Å². The molecule has 0 saturated carbocycles. The van der Waals surface area contributed by atoms with Gasteiger partial charge in [0.2, 0.25) is 6.41 Å². The lowest BCUT2D eigenvalue weighted by Crippen LogP contribution is -2.16. The molecule has 2 aromatic carbocycles. The summed E-state index contributed by atoms with van der Waals surface area (Å²) in [7, 11) is 0. The summed E-state index contributed by atoms with van der Waals surface area (Å²) in [6, 6.07) is 18.5. The Bertz CT molecular complexity index is 522. The van der Waals surface area contributed by atoms with Crippen molar-refractivity contribution in [3.63, 3.8) is 0 Å². The molecule has 0 spiro atoms. The Morgan fingerprint density at radius 2 is 1.70 bits per heavy atom. The van der Waals surface area contributed by atoms with E-state index in [0.717, 1.165) is 18.4 Å². The Morgan fingerprint density at radius 1 is 1.05 bits per heavy atom. The summed E-state index contributed by atoms with van der Waals surface area (Å²) in [5.74, 6) is 0. The monoisotopic (exact) mass is 269 g/mol. The van der Waals surface area contributed by atoms with Crippen molar-refractivity contribution in [2.75, 3.05) is 0 Å². The summed E-state index contributed by atoms with van der Waals surface area (Å²) >= 11 is 0. The number of hydrogen-bond donors (Lipinski definition) is 1. The van der Waals surface area contributed by atoms with Gasteiger partial charge >= 0.3 is 0 Å². The number of hydrogen-bond acceptors (Lipinski definition) is 2. The van der Waals surface area contributed by atoms with Crippen LogP contribution in [0.2, 0.25) is 0 Å². The molecule has 1 N–H and O–H groups in total. The van der Waals surface area contributed by atoms with Crippen LogP contribution in [-0.4, -0.2) is 6.41 Å². The lowest BCUT2D eigenvalue weighted by molar-refractivity contribution is -0.126. The maximum atomic E-state index is 10.3. The number of benzene rings is 2. The van der Waals surface area contributed by atoms with Gasteiger partial charge in [-0.2, -0.15) is 0 Å². The van der Waals surface area contributed by atoms with Crippen LogP contribution in [0.5, 0.6) is 0 Å². The molecule has 3 heteroatoms. The number of amides is 1. The van der Waals surface area contributed by atoms with E-state index in [1.165, 1.54) is 11.1 Å². The largest absolute Gasteiger partial charge is 0.277 e. The van der Waals surface area contributed by atoms with Crippen molar-refractivity contribution in [2.24, 2.45) is 0 Å². The van der Waals surface area contributed by atoms with Crippen LogP contribution in [-0.2, 0) is 9.63 Å². The van der Waals surface area contributed by atoms with Gasteiger partial charge in [0, 0.05) is 0 Å². The predicted molar refractivity (Wildman–Crippen MR) is 79.8 cm³/mol. The van der Waals surface area contributed by atoms with Crippen molar-refractivity contribution < 1.29 is 9.63 Å². The van der Waals surface area contributed by atoms with E-state index in [1.807, 2.05) is 18.2 Å². The fraction of sp³-hybridized carbons (Fsp3) is 0.235. The second-order valence-electron chi connectivity index (χ2n) is 4.62. The summed E-state index contributed by atoms with van der Waals surface area (Å²) in [5, 5.41) is 0. The highest BCUT2D eigenvalue weighted by Crippen LogP contribution is 2.25. The topological polar surface area (TPSA) is 38.3 Å². The maximum Gasteiger partial charge on any atom is 0.230 e. The fourth-order valence-corrected chi connectivity index (χ4v) is 2.19. The SMILES string of the molecule is CCCC(ONC=O)c1ccc(-c2ccccc2)cc1. The third kappa shape index (κ3) is 3.68. The lowest BCUT2D eigenvalue weighted by atomic mass is 10.0. The van der Waals surface area contributed by atoms with Crippen LogP contribution in [0.15, 0.2) is 54.6 Å². The van der Waals surface area contributed by atoms with E-state index < -0.39 is 0 Å². The van der Waals surface area contributed by atoms with Gasteiger partial charge in [-0.15, -0.1) is 0 Å². The predicted octanol–water partition coefficient (Wildman–Crippen LogP) is 3.87. The van der Waals surface area contributed by atoms with Crippen LogP contribution in [0.25, 0.3) is 11.1 Å². The molecule has 104 valence electrons. The average molecular weight is 269 g/mol. The fourth-order valence-electron chi connectivity index (χ4n) is 2.19. The first-order chi connectivity index (χ1) is 9.85. The van der Waals surface area contributed by atoms with Gasteiger partial charge < -0.3 is 0 Å². The Hall–Kier alpha value is -2.13. The molecule has 0 aliphatic carbocycles. The summed E-state index contributed by atoms with van der Waals surface area (Å²) in [4.78, 5) is 15.7. The first-order valence-corrected chi connectivity index (χ1v) is 6.85. The van der Waals surface area contributed by atoms with E-state index in [1.54, 1.807) is 0 Å². The quantitative estimate of drug-likeness (QED) is 0.612. The minimum absolute atomic E-state index is 0.102. The van der Waals surface area contributed by atoms with Crippen LogP contribution >= 0.6 is 0 Å². The smallest absolute Gasteiger partial charge is 0.230 e. The molecular weight excluding hydrogens is 250 g/mol. The van der Waals surface area contributed by atoms with Crippen molar-refractivity contribution in [1.82, 2.24) is 5.48 Å². The standard InChI is InChI=1S/C17H19NO2/c1-2-6-17(20-18-13-19)16-11-9-15(10-12-16)14-7-4-3-5-8-14/h3-5,7-13,17H,2,6H2,1H3,(H,18,19). The molecule has 0 aromatic heterocycles. The van der Waals surface area contributed by atoms with Gasteiger partial charge in [-0.3, -0.25) is 9.63 Å². The first-order valence-electron chi connectivity index (χ1n) is 6.85. The molecule has 20 heavy (non-hydrogen) atoms. The van der Waals surface area contributed by atoms with Gasteiger partial charge in [-0.05, 0) is 23.1 Å². The molecular formula is C17H19NO2. The van der Waals surface area contributed by atoms with E-state index in [9.17, 15) is 4.79 Å². The van der Waals surface area contributed by atoms with Gasteiger partial charge in [0.05, 0.1) is 0 Å². The van der Waals surface area contributed by atoms with Gasteiger partial charge in [0.15, 0.2) is 0 Å². The van der Waals surface area contributed by atoms with Gasteiger partial charge in [0.1, 0.15) is 6.10 Å². The van der Waals surface area contributed by atoms with E-state index in [4.69, 9.17) is 4.84 Å². The highest BCUT2D eigenvalue weighted by molar-refractivity contribution is 5.63. The summed E-state index contributed by atoms with van der Waals surface area (Å²) in [6.45, 7) is 2.09. The van der Waals surface area contributed by atoms with Gasteiger partial charge in [-0.1, -0.05) is 67.9 Å². The Morgan fingerprint density at radius 3 is 2.30 bits per heavy atom. The molecule has 0 aliphatic heterocycles. The number of carbonyl (C=O) groups excluding carboxylic acids is 1. The van der Waals surface area contributed by atoms with Gasteiger partial charge in [0.25, 0.3) is 0 Å². The minimum Gasteiger partial charge on any atom is -0.277 e. The third-order valence-electron chi connectivity index (χ3n) is 3.20. The third-order valence-corrected chi connectivity index (χ3v) is 3.20. The first kappa shape index (κ1) is 14.3. The second kappa shape index (κ2) is 7.46. The Balaban J connectivity index is 2.15. The molecule has 2 rings (SSSR count). The van der Waals surface area contributed by atoms with Crippen molar-refractivity contribution >= 4 is 6.41 Å². The second-order valence-corrected chi connectivity index (χ2v) is 4.62. The Kier molecular flexibility index (Phi) is 5.33. The summed E-state index contributed by atoms with van der Waals surface area (Å²) in [6.07, 6.45) is 2.31. The Labute approximate surface area is 119 Å². The van der Waals surface area contributed by atoms with Crippen molar-refractivity contribution in [1.29, 1.82) is 0 Å². The molecule has 1 amide bonds. The van der Waals surface area contributed by atoms with Crippen molar-refractivity contribution in [3.05, 3.63) is 60.2 Å². The molecule has 0 bridgehead atoms. The molecule has 0 heterocycles. The molecule has 0 aliphatic rings. The zero-order valence-corrected chi connectivity index (χ0v) is 11.6. The normalized spacial score (nSPS) is 11.8. The van der Waals surface area contributed by atoms with Crippen LogP contribution in [0, 0.1) is 0 Å². The molecule has 0 radical (unpaired) electrons. The highest BCUT2D eigenvalue weighted by Gasteiger charge is 2.11. The number of hydroxylamine groups is 1. The molecule has 2 aromatic rings. The van der Waals surface area contributed by atoms with Crippen molar-refractivity contribution in [3.8, 4) is 11.1 Å². The molecule has 0 saturated heterocycles. The van der Waals surface area contributed by atoms with E-state index in [2.05, 4.69) is 48.8 Å². The highest BCUT2D eigenvalue weighted by atomic mass is 16.7. The maximum absolute atomic E-state index is 10.3. The number of carbonyl (C=O) groups is 1. The molecule has 1 unspecified atom stereocenters. The number of nitrogens with one attached hydrogen (secondary N) is 1. The van der Waals surface area contributed by atoms with Gasteiger partial charge in [-0.25, -0.2) is 5.48 Å². The van der Waals surface area contributed by atoms with E-state index in [-0.39, 0.29) is 6.10 Å². The van der Waals surface area contributed by atoms with Crippen LogP contribution < -0.4 is 5.48 Å². The average Bonchev–Trinajstić information content (AvgIpc) is 2.52. The summed E-state index contributed by atoms with van der Waals surface area (Å²) < 4.78 is 0. The van der Waals surface area contributed by atoms with Crippen molar-refractivity contribution in [2.45, 2.75) is 25.9 Å². The minimum atomic E-state index is -0.102. The van der Waals surface area contributed by atoms with Crippen LogP contribution in [0.1, 0.15) is 31.4 Å². The lowest BCUT2D eigenvalue weighted by Gasteiger charge is -2.16. The van der Waals surface area contributed by atoms with E-state index in [0.29, 0.717) is 6.41 Å². The molecule has 0 fully saturated rings. The zero-order chi connectivity index (χ0) is 14.2.